The average Bonchev–Trinajstić information content (AvgIpc) is 2.75. The van der Waals surface area contributed by atoms with Crippen LogP contribution in [-0.4, -0.2) is 28.4 Å². The summed E-state index contributed by atoms with van der Waals surface area (Å²) in [5, 5.41) is 10.6. The smallest absolute Gasteiger partial charge is 0.315 e. The van der Waals surface area contributed by atoms with Gasteiger partial charge in [0.15, 0.2) is 0 Å². The number of rotatable bonds is 5. The molecule has 0 saturated heterocycles. The molecule has 1 heterocycles. The molecule has 1 saturated carbocycles. The number of aryl methyl sites for hydroxylation is 2. The number of nitrogens with one attached hydrogen (secondary N) is 2. The van der Waals surface area contributed by atoms with Crippen LogP contribution in [0.3, 0.4) is 0 Å². The highest BCUT2D eigenvalue weighted by Crippen LogP contribution is 2.17. The summed E-state index contributed by atoms with van der Waals surface area (Å²) >= 11 is 0. The maximum Gasteiger partial charge on any atom is 0.315 e. The molecule has 0 spiro atoms. The summed E-state index contributed by atoms with van der Waals surface area (Å²) in [6.07, 6.45) is 6.86. The van der Waals surface area contributed by atoms with Crippen molar-refractivity contribution in [3.63, 3.8) is 0 Å². The van der Waals surface area contributed by atoms with Crippen molar-refractivity contribution in [3.05, 3.63) is 17.0 Å². The summed E-state index contributed by atoms with van der Waals surface area (Å²) in [6, 6.07) is 0.338. The minimum absolute atomic E-state index is 0.0277. The first-order valence-electron chi connectivity index (χ1n) is 8.19. The Kier molecular flexibility index (Phi) is 5.65. The van der Waals surface area contributed by atoms with E-state index in [-0.39, 0.29) is 6.03 Å². The van der Waals surface area contributed by atoms with E-state index in [4.69, 9.17) is 0 Å². The van der Waals surface area contributed by atoms with Gasteiger partial charge in [-0.15, -0.1) is 0 Å². The third-order valence-electron chi connectivity index (χ3n) is 4.43. The standard InChI is InChI=1S/C16H28N4O/c1-4-20-13(3)15(12(2)19-20)10-11-17-16(21)18-14-8-6-5-7-9-14/h14H,4-11H2,1-3H3,(H2,17,18,21). The summed E-state index contributed by atoms with van der Waals surface area (Å²) in [5.74, 6) is 0. The van der Waals surface area contributed by atoms with Crippen molar-refractivity contribution in [3.8, 4) is 0 Å². The van der Waals surface area contributed by atoms with Crippen LogP contribution in [-0.2, 0) is 13.0 Å². The second kappa shape index (κ2) is 7.48. The van der Waals surface area contributed by atoms with Gasteiger partial charge in [0.1, 0.15) is 0 Å². The van der Waals surface area contributed by atoms with Crippen molar-refractivity contribution in [1.29, 1.82) is 0 Å². The van der Waals surface area contributed by atoms with Gasteiger partial charge in [0.25, 0.3) is 0 Å². The highest BCUT2D eigenvalue weighted by molar-refractivity contribution is 5.74. The molecule has 0 atom stereocenters. The SMILES string of the molecule is CCn1nc(C)c(CCNC(=O)NC2CCCCC2)c1C. The molecular weight excluding hydrogens is 264 g/mol. The van der Waals surface area contributed by atoms with Gasteiger partial charge in [0, 0.05) is 24.8 Å². The lowest BCUT2D eigenvalue weighted by Gasteiger charge is -2.22. The fourth-order valence-corrected chi connectivity index (χ4v) is 3.19. The lowest BCUT2D eigenvalue weighted by molar-refractivity contribution is 0.233. The van der Waals surface area contributed by atoms with Crippen molar-refractivity contribution in [2.24, 2.45) is 0 Å². The highest BCUT2D eigenvalue weighted by Gasteiger charge is 2.15. The predicted octanol–water partition coefficient (Wildman–Crippen LogP) is 2.69. The molecule has 2 rings (SSSR count). The van der Waals surface area contributed by atoms with Crippen LogP contribution >= 0.6 is 0 Å². The second-order valence-corrected chi connectivity index (χ2v) is 5.95. The molecule has 1 aromatic heterocycles. The molecule has 1 aliphatic carbocycles. The first kappa shape index (κ1) is 15.9. The fraction of sp³-hybridized carbons (Fsp3) is 0.750. The minimum Gasteiger partial charge on any atom is -0.338 e. The van der Waals surface area contributed by atoms with Crippen molar-refractivity contribution in [2.75, 3.05) is 6.54 Å². The fourth-order valence-electron chi connectivity index (χ4n) is 3.19. The number of amides is 2. The highest BCUT2D eigenvalue weighted by atomic mass is 16.2. The molecule has 21 heavy (non-hydrogen) atoms. The van der Waals surface area contributed by atoms with Crippen molar-refractivity contribution < 1.29 is 4.79 Å². The van der Waals surface area contributed by atoms with Crippen LogP contribution < -0.4 is 10.6 Å². The molecule has 2 N–H and O–H groups in total. The van der Waals surface area contributed by atoms with Crippen LogP contribution in [0, 0.1) is 13.8 Å². The van der Waals surface area contributed by atoms with E-state index in [1.165, 1.54) is 30.5 Å². The normalized spacial score (nSPS) is 16.0. The Balaban J connectivity index is 1.76. The minimum atomic E-state index is -0.0277. The molecule has 0 unspecified atom stereocenters. The molecule has 1 aromatic rings. The van der Waals surface area contributed by atoms with Gasteiger partial charge in [0.05, 0.1) is 5.69 Å². The summed E-state index contributed by atoms with van der Waals surface area (Å²) in [6.45, 7) is 7.79. The Morgan fingerprint density at radius 1 is 1.29 bits per heavy atom. The van der Waals surface area contributed by atoms with E-state index in [9.17, 15) is 4.79 Å². The van der Waals surface area contributed by atoms with Crippen molar-refractivity contribution in [1.82, 2.24) is 20.4 Å². The number of aromatic nitrogens is 2. The average molecular weight is 292 g/mol. The van der Waals surface area contributed by atoms with Crippen LogP contribution in [0.5, 0.6) is 0 Å². The number of hydrogen-bond acceptors (Lipinski definition) is 2. The van der Waals surface area contributed by atoms with Crippen LogP contribution in [0.2, 0.25) is 0 Å². The molecule has 0 aromatic carbocycles. The van der Waals surface area contributed by atoms with E-state index < -0.39 is 0 Å². The van der Waals surface area contributed by atoms with E-state index in [1.54, 1.807) is 0 Å². The Bertz CT molecular complexity index is 475. The van der Waals surface area contributed by atoms with Crippen LogP contribution in [0.25, 0.3) is 0 Å². The molecule has 118 valence electrons. The Morgan fingerprint density at radius 3 is 2.62 bits per heavy atom. The molecule has 5 nitrogen and oxygen atoms in total. The molecule has 0 radical (unpaired) electrons. The zero-order valence-corrected chi connectivity index (χ0v) is 13.5. The topological polar surface area (TPSA) is 59.0 Å². The summed E-state index contributed by atoms with van der Waals surface area (Å²) in [5.41, 5.74) is 3.54. The van der Waals surface area contributed by atoms with Crippen LogP contribution in [0.1, 0.15) is 56.0 Å². The van der Waals surface area contributed by atoms with Gasteiger partial charge in [-0.2, -0.15) is 5.10 Å². The van der Waals surface area contributed by atoms with Crippen molar-refractivity contribution in [2.45, 2.75) is 71.9 Å². The maximum atomic E-state index is 11.9. The van der Waals surface area contributed by atoms with Gasteiger partial charge >= 0.3 is 6.03 Å². The monoisotopic (exact) mass is 292 g/mol. The van der Waals surface area contributed by atoms with E-state index >= 15 is 0 Å². The number of carbonyl (C=O) groups is 1. The number of hydrogen-bond donors (Lipinski definition) is 2. The molecule has 1 aliphatic rings. The zero-order valence-electron chi connectivity index (χ0n) is 13.5. The first-order valence-corrected chi connectivity index (χ1v) is 8.19. The summed E-state index contributed by atoms with van der Waals surface area (Å²) < 4.78 is 2.02. The first-order chi connectivity index (χ1) is 10.1. The Morgan fingerprint density at radius 2 is 2.00 bits per heavy atom. The molecule has 2 amide bonds. The summed E-state index contributed by atoms with van der Waals surface area (Å²) in [7, 11) is 0. The van der Waals surface area contributed by atoms with Gasteiger partial charge in [-0.05, 0) is 45.6 Å². The maximum absolute atomic E-state index is 11.9. The van der Waals surface area contributed by atoms with Crippen molar-refractivity contribution >= 4 is 6.03 Å². The largest absolute Gasteiger partial charge is 0.338 e. The third kappa shape index (κ3) is 4.22. The summed E-state index contributed by atoms with van der Waals surface area (Å²) in [4.78, 5) is 11.9. The molecular formula is C16H28N4O. The van der Waals surface area contributed by atoms with E-state index in [2.05, 4.69) is 29.6 Å². The van der Waals surface area contributed by atoms with Gasteiger partial charge in [-0.3, -0.25) is 4.68 Å². The molecule has 5 heteroatoms. The molecule has 0 aliphatic heterocycles. The Labute approximate surface area is 127 Å². The lowest BCUT2D eigenvalue weighted by Crippen LogP contribution is -2.43. The molecule has 0 bridgehead atoms. The van der Waals surface area contributed by atoms with E-state index in [0.717, 1.165) is 31.5 Å². The zero-order chi connectivity index (χ0) is 15.2. The third-order valence-corrected chi connectivity index (χ3v) is 4.43. The number of nitrogens with zero attached hydrogens (tertiary/aromatic N) is 2. The van der Waals surface area contributed by atoms with Crippen LogP contribution in [0.4, 0.5) is 4.79 Å². The Hall–Kier alpha value is -1.52. The quantitative estimate of drug-likeness (QED) is 0.876. The predicted molar refractivity (Wildman–Crippen MR) is 84.5 cm³/mol. The second-order valence-electron chi connectivity index (χ2n) is 5.95. The lowest BCUT2D eigenvalue weighted by atomic mass is 9.96. The number of urea groups is 1. The van der Waals surface area contributed by atoms with E-state index in [0.29, 0.717) is 12.6 Å². The van der Waals surface area contributed by atoms with E-state index in [1.807, 2.05) is 11.6 Å². The molecule has 1 fully saturated rings. The van der Waals surface area contributed by atoms with Gasteiger partial charge < -0.3 is 10.6 Å². The van der Waals surface area contributed by atoms with Gasteiger partial charge in [-0.25, -0.2) is 4.79 Å². The number of carbonyl (C=O) groups excluding carboxylic acids is 1. The van der Waals surface area contributed by atoms with Gasteiger partial charge in [-0.1, -0.05) is 19.3 Å². The van der Waals surface area contributed by atoms with Gasteiger partial charge in [0.2, 0.25) is 0 Å². The van der Waals surface area contributed by atoms with Crippen LogP contribution in [0.15, 0.2) is 0 Å².